The summed E-state index contributed by atoms with van der Waals surface area (Å²) >= 11 is 0. The highest BCUT2D eigenvalue weighted by atomic mass is 16.6. The van der Waals surface area contributed by atoms with E-state index in [1.54, 1.807) is 0 Å². The molecule has 0 aromatic carbocycles. The molecule has 0 rings (SSSR count). The van der Waals surface area contributed by atoms with Crippen LogP contribution in [0.2, 0.25) is 0 Å². The fraction of sp³-hybridized carbons (Fsp3) is 0.614. The highest BCUT2D eigenvalue weighted by molar-refractivity contribution is 5.71. The van der Waals surface area contributed by atoms with Gasteiger partial charge in [0.25, 0.3) is 0 Å². The number of allylic oxidation sites excluding steroid dienone is 24. The van der Waals surface area contributed by atoms with Gasteiger partial charge in [-0.1, -0.05) is 256 Å². The molecule has 0 aliphatic carbocycles. The number of carbonyl (C=O) groups is 3. The van der Waals surface area contributed by atoms with E-state index in [0.29, 0.717) is 25.7 Å². The Morgan fingerprint density at radius 1 is 0.276 bits per heavy atom. The van der Waals surface area contributed by atoms with E-state index in [1.807, 2.05) is 0 Å². The van der Waals surface area contributed by atoms with Gasteiger partial charge in [0.2, 0.25) is 0 Å². The van der Waals surface area contributed by atoms with Crippen molar-refractivity contribution in [2.24, 2.45) is 0 Å². The van der Waals surface area contributed by atoms with Crippen molar-refractivity contribution in [1.29, 1.82) is 0 Å². The molecular formula is C70H112O6. The van der Waals surface area contributed by atoms with Gasteiger partial charge >= 0.3 is 17.9 Å². The zero-order valence-electron chi connectivity index (χ0n) is 49.0. The van der Waals surface area contributed by atoms with Gasteiger partial charge < -0.3 is 14.2 Å². The molecule has 0 bridgehead atoms. The number of ether oxygens (including phenoxy) is 3. The first kappa shape index (κ1) is 71.3. The van der Waals surface area contributed by atoms with Crippen molar-refractivity contribution < 1.29 is 28.6 Å². The molecule has 0 fully saturated rings. The molecule has 76 heavy (non-hydrogen) atoms. The molecule has 0 N–H and O–H groups in total. The van der Waals surface area contributed by atoms with Crippen LogP contribution in [-0.2, 0) is 28.6 Å². The lowest BCUT2D eigenvalue weighted by Gasteiger charge is -2.18. The van der Waals surface area contributed by atoms with Crippen molar-refractivity contribution >= 4 is 17.9 Å². The summed E-state index contributed by atoms with van der Waals surface area (Å²) in [5.74, 6) is -0.967. The smallest absolute Gasteiger partial charge is 0.306 e. The van der Waals surface area contributed by atoms with Gasteiger partial charge in [-0.25, -0.2) is 0 Å². The van der Waals surface area contributed by atoms with Crippen LogP contribution in [-0.4, -0.2) is 37.2 Å². The van der Waals surface area contributed by atoms with Crippen molar-refractivity contribution in [2.45, 2.75) is 264 Å². The summed E-state index contributed by atoms with van der Waals surface area (Å²) in [6.45, 7) is 6.43. The van der Waals surface area contributed by atoms with Gasteiger partial charge in [0, 0.05) is 19.3 Å². The van der Waals surface area contributed by atoms with E-state index in [2.05, 4.69) is 167 Å². The van der Waals surface area contributed by atoms with E-state index in [4.69, 9.17) is 14.2 Å². The number of esters is 3. The van der Waals surface area contributed by atoms with Crippen molar-refractivity contribution in [3.8, 4) is 0 Å². The summed E-state index contributed by atoms with van der Waals surface area (Å²) in [4.78, 5) is 38.1. The molecule has 0 radical (unpaired) electrons. The second-order valence-corrected chi connectivity index (χ2v) is 19.9. The molecule has 1 unspecified atom stereocenters. The second kappa shape index (κ2) is 62.8. The molecule has 1 atom stereocenters. The first-order valence-corrected chi connectivity index (χ1v) is 30.8. The zero-order chi connectivity index (χ0) is 55.0. The summed E-state index contributed by atoms with van der Waals surface area (Å²) < 4.78 is 16.8. The molecular weight excluding hydrogens is 937 g/mol. The van der Waals surface area contributed by atoms with Crippen LogP contribution in [0.5, 0.6) is 0 Å². The molecule has 0 saturated carbocycles. The zero-order valence-corrected chi connectivity index (χ0v) is 49.0. The number of hydrogen-bond donors (Lipinski definition) is 0. The third-order valence-electron chi connectivity index (χ3n) is 12.6. The Bertz CT molecular complexity index is 1680. The maximum Gasteiger partial charge on any atom is 0.306 e. The van der Waals surface area contributed by atoms with E-state index in [9.17, 15) is 14.4 Å². The molecule has 0 aromatic heterocycles. The lowest BCUT2D eigenvalue weighted by molar-refractivity contribution is -0.167. The maximum atomic E-state index is 12.8. The molecule has 0 spiro atoms. The first-order valence-electron chi connectivity index (χ1n) is 30.8. The van der Waals surface area contributed by atoms with Gasteiger partial charge in [-0.05, 0) is 128 Å². The fourth-order valence-corrected chi connectivity index (χ4v) is 7.97. The summed E-state index contributed by atoms with van der Waals surface area (Å²) in [7, 11) is 0. The quantitative estimate of drug-likeness (QED) is 0.0261. The Morgan fingerprint density at radius 3 is 0.842 bits per heavy atom. The molecule has 0 aliphatic heterocycles. The van der Waals surface area contributed by atoms with Crippen LogP contribution in [0.4, 0.5) is 0 Å². The van der Waals surface area contributed by atoms with E-state index in [1.165, 1.54) is 70.6 Å². The third-order valence-corrected chi connectivity index (χ3v) is 12.6. The molecule has 0 heterocycles. The Hall–Kier alpha value is -4.71. The normalized spacial score (nSPS) is 13.1. The average Bonchev–Trinajstić information content (AvgIpc) is 3.42. The van der Waals surface area contributed by atoms with Crippen LogP contribution in [0.1, 0.15) is 258 Å². The summed E-state index contributed by atoms with van der Waals surface area (Å²) in [6.07, 6.45) is 90.0. The van der Waals surface area contributed by atoms with Crippen LogP contribution in [0.25, 0.3) is 0 Å². The van der Waals surface area contributed by atoms with Crippen LogP contribution in [0, 0.1) is 0 Å². The molecule has 6 heteroatoms. The van der Waals surface area contributed by atoms with Gasteiger partial charge in [0.15, 0.2) is 6.10 Å². The van der Waals surface area contributed by atoms with Crippen molar-refractivity contribution in [1.82, 2.24) is 0 Å². The Balaban J connectivity index is 4.33. The highest BCUT2D eigenvalue weighted by Crippen LogP contribution is 2.14. The monoisotopic (exact) mass is 1050 g/mol. The van der Waals surface area contributed by atoms with Gasteiger partial charge in [-0.2, -0.15) is 0 Å². The number of unbranched alkanes of at least 4 members (excludes halogenated alkanes) is 19. The summed E-state index contributed by atoms with van der Waals surface area (Å²) in [6, 6.07) is 0. The van der Waals surface area contributed by atoms with Gasteiger partial charge in [-0.3, -0.25) is 14.4 Å². The third kappa shape index (κ3) is 60.2. The average molecular weight is 1050 g/mol. The second-order valence-electron chi connectivity index (χ2n) is 19.9. The van der Waals surface area contributed by atoms with E-state index in [0.717, 1.165) is 141 Å². The standard InChI is InChI=1S/C70H112O6/c1-4-7-10-13-16-19-21-23-25-27-28-29-30-31-32-33-34-35-36-37-38-39-40-41-42-43-45-46-48-51-54-57-60-63-69(72)75-66-67(65-74-68(71)62-59-56-53-50-18-15-12-9-6-3)76-70(73)64-61-58-55-52-49-47-44-26-24-22-20-17-14-11-8-5-2/h7,10,16,19-20,22-23,25-26,28-29,31-32,34-35,37-38,40-41,43-45,48,51,67H,4-6,8-9,11-15,17-18,21,24,27,30,33,36,39,42,46-47,49-50,52-66H2,1-3H3/b10-7-,19-16-,22-20-,25-23-,29-28-,32-31-,35-34-,38-37-,41-40-,44-26-,45-43-,51-48-. The summed E-state index contributed by atoms with van der Waals surface area (Å²) in [5.41, 5.74) is 0. The van der Waals surface area contributed by atoms with Crippen LogP contribution in [0.3, 0.4) is 0 Å². The molecule has 0 amide bonds. The number of hydrogen-bond acceptors (Lipinski definition) is 6. The van der Waals surface area contributed by atoms with Gasteiger partial charge in [0.05, 0.1) is 0 Å². The largest absolute Gasteiger partial charge is 0.462 e. The summed E-state index contributed by atoms with van der Waals surface area (Å²) in [5, 5.41) is 0. The molecule has 428 valence electrons. The van der Waals surface area contributed by atoms with Crippen molar-refractivity contribution in [2.75, 3.05) is 13.2 Å². The minimum Gasteiger partial charge on any atom is -0.462 e. The number of carbonyl (C=O) groups excluding carboxylic acids is 3. The molecule has 0 aromatic rings. The van der Waals surface area contributed by atoms with Crippen LogP contribution >= 0.6 is 0 Å². The SMILES string of the molecule is CC/C=C\C/C=C\C/C=C\C/C=C\C/C=C\C/C=C\C/C=C\C/C=C\C/C=C\C/C=C\CCCCC(=O)OCC(COC(=O)CCCCCCCCCCC)OC(=O)CCCCCCC/C=C\C/C=C\CCCCCC. The molecule has 0 saturated heterocycles. The molecule has 0 aliphatic rings. The van der Waals surface area contributed by atoms with Crippen molar-refractivity contribution in [3.63, 3.8) is 0 Å². The fourth-order valence-electron chi connectivity index (χ4n) is 7.97. The first-order chi connectivity index (χ1) is 37.5. The topological polar surface area (TPSA) is 78.9 Å². The Labute approximate surface area is 467 Å². The molecule has 6 nitrogen and oxygen atoms in total. The van der Waals surface area contributed by atoms with Crippen LogP contribution in [0.15, 0.2) is 146 Å². The minimum atomic E-state index is -0.806. The van der Waals surface area contributed by atoms with E-state index in [-0.39, 0.29) is 31.1 Å². The predicted octanol–water partition coefficient (Wildman–Crippen LogP) is 21.2. The maximum absolute atomic E-state index is 12.8. The highest BCUT2D eigenvalue weighted by Gasteiger charge is 2.19. The lowest BCUT2D eigenvalue weighted by atomic mass is 10.1. The van der Waals surface area contributed by atoms with Crippen molar-refractivity contribution in [3.05, 3.63) is 146 Å². The lowest BCUT2D eigenvalue weighted by Crippen LogP contribution is -2.30. The van der Waals surface area contributed by atoms with Gasteiger partial charge in [-0.15, -0.1) is 0 Å². The Morgan fingerprint density at radius 2 is 0.513 bits per heavy atom. The predicted molar refractivity (Wildman–Crippen MR) is 329 cm³/mol. The minimum absolute atomic E-state index is 0.100. The number of rotatable bonds is 54. The van der Waals surface area contributed by atoms with Gasteiger partial charge in [0.1, 0.15) is 13.2 Å². The van der Waals surface area contributed by atoms with E-state index >= 15 is 0 Å². The Kier molecular flexibility index (Phi) is 58.9. The van der Waals surface area contributed by atoms with E-state index < -0.39 is 6.10 Å². The van der Waals surface area contributed by atoms with Crippen LogP contribution < -0.4 is 0 Å².